The van der Waals surface area contributed by atoms with Gasteiger partial charge in [-0.3, -0.25) is 0 Å². The second-order valence-electron chi connectivity index (χ2n) is 7.02. The molecule has 2 aromatic carbocycles. The molecule has 0 spiro atoms. The molecule has 0 unspecified atom stereocenters. The van der Waals surface area contributed by atoms with Gasteiger partial charge >= 0.3 is 0 Å². The molecule has 31 heavy (non-hydrogen) atoms. The number of hydrogen-bond acceptors (Lipinski definition) is 3. The molecule has 0 N–H and O–H groups in total. The van der Waals surface area contributed by atoms with Crippen LogP contribution in [-0.4, -0.2) is 38.9 Å². The third-order valence-corrected chi connectivity index (χ3v) is 5.16. The minimum absolute atomic E-state index is 0.296. The summed E-state index contributed by atoms with van der Waals surface area (Å²) in [5.74, 6) is 0.296. The summed E-state index contributed by atoms with van der Waals surface area (Å²) in [6.45, 7) is 1.63. The standard InChI is InChI=1S/C23H20ClN5O2/c24-22-12-11-18(15-25-22)16-27-13-14-28(23(27)26-29(30)31)17-21(19-7-3-1-4-8-19)20-9-5-2-6-10-20/h1-12,15,17H,13-14,16H2. The molecular formula is C23H20ClN5O2. The van der Waals surface area contributed by atoms with Crippen LogP contribution in [0.2, 0.25) is 5.15 Å². The van der Waals surface area contributed by atoms with Gasteiger partial charge in [-0.15, -0.1) is 0 Å². The molecular weight excluding hydrogens is 414 g/mol. The molecule has 0 saturated carbocycles. The number of pyridine rings is 1. The molecule has 1 aliphatic heterocycles. The van der Waals surface area contributed by atoms with E-state index in [1.807, 2.05) is 82.7 Å². The molecule has 1 fully saturated rings. The molecule has 0 amide bonds. The number of hydrogen-bond donors (Lipinski definition) is 0. The van der Waals surface area contributed by atoms with E-state index in [0.29, 0.717) is 30.7 Å². The Kier molecular flexibility index (Phi) is 6.24. The van der Waals surface area contributed by atoms with Gasteiger partial charge in [0.15, 0.2) is 5.03 Å². The van der Waals surface area contributed by atoms with Gasteiger partial charge < -0.3 is 9.80 Å². The number of benzene rings is 2. The SMILES string of the molecule is O=[N+]([O-])N=C1N(C=C(c2ccccc2)c2ccccc2)CCN1Cc1ccc(Cl)nc1. The number of aromatic nitrogens is 1. The molecule has 3 aromatic rings. The zero-order valence-electron chi connectivity index (χ0n) is 16.6. The zero-order valence-corrected chi connectivity index (χ0v) is 17.4. The fourth-order valence-electron chi connectivity index (χ4n) is 3.50. The summed E-state index contributed by atoms with van der Waals surface area (Å²) in [6.07, 6.45) is 3.61. The largest absolute Gasteiger partial charge is 0.331 e. The molecule has 8 heteroatoms. The maximum absolute atomic E-state index is 11.3. The maximum atomic E-state index is 11.3. The van der Waals surface area contributed by atoms with Gasteiger partial charge in [0.25, 0.3) is 5.96 Å². The van der Waals surface area contributed by atoms with Crippen LogP contribution in [0.4, 0.5) is 0 Å². The van der Waals surface area contributed by atoms with Gasteiger partial charge in [0.05, 0.1) is 0 Å². The minimum Gasteiger partial charge on any atom is -0.331 e. The molecule has 156 valence electrons. The van der Waals surface area contributed by atoms with Crippen molar-refractivity contribution in [3.8, 4) is 0 Å². The first kappa shape index (κ1) is 20.6. The van der Waals surface area contributed by atoms with Crippen molar-refractivity contribution in [1.82, 2.24) is 14.8 Å². The van der Waals surface area contributed by atoms with Crippen molar-refractivity contribution in [3.05, 3.63) is 117 Å². The van der Waals surface area contributed by atoms with Gasteiger partial charge in [-0.25, -0.2) is 15.1 Å². The fourth-order valence-corrected chi connectivity index (χ4v) is 3.62. The summed E-state index contributed by atoms with van der Waals surface area (Å²) in [5.41, 5.74) is 3.91. The van der Waals surface area contributed by atoms with E-state index in [0.717, 1.165) is 22.3 Å². The van der Waals surface area contributed by atoms with Crippen LogP contribution in [0.15, 0.2) is 90.3 Å². The predicted octanol–water partition coefficient (Wildman–Crippen LogP) is 4.49. The summed E-state index contributed by atoms with van der Waals surface area (Å²) >= 11 is 5.87. The second kappa shape index (κ2) is 9.40. The Morgan fingerprint density at radius 3 is 2.23 bits per heavy atom. The van der Waals surface area contributed by atoms with E-state index in [9.17, 15) is 10.1 Å². The number of hydrazone groups is 1. The molecule has 0 radical (unpaired) electrons. The topological polar surface area (TPSA) is 74.9 Å². The third kappa shape index (κ3) is 5.07. The highest BCUT2D eigenvalue weighted by molar-refractivity contribution is 6.29. The highest BCUT2D eigenvalue weighted by atomic mass is 35.5. The Bertz CT molecular complexity index is 1060. The summed E-state index contributed by atoms with van der Waals surface area (Å²) < 4.78 is 0. The number of guanidine groups is 1. The molecule has 0 atom stereocenters. The lowest BCUT2D eigenvalue weighted by Crippen LogP contribution is -2.31. The van der Waals surface area contributed by atoms with Crippen LogP contribution in [0.25, 0.3) is 5.57 Å². The normalized spacial score (nSPS) is 14.7. The lowest BCUT2D eigenvalue weighted by Gasteiger charge is -2.20. The van der Waals surface area contributed by atoms with Crippen LogP contribution < -0.4 is 0 Å². The molecule has 7 nitrogen and oxygen atoms in total. The molecule has 0 aliphatic carbocycles. The molecule has 1 aliphatic rings. The maximum Gasteiger partial charge on any atom is 0.278 e. The molecule has 1 aromatic heterocycles. The molecule has 2 heterocycles. The monoisotopic (exact) mass is 433 g/mol. The number of rotatable bonds is 6. The van der Waals surface area contributed by atoms with Crippen molar-refractivity contribution < 1.29 is 5.03 Å². The van der Waals surface area contributed by atoms with Crippen LogP contribution in [0.5, 0.6) is 0 Å². The Labute approximate surface area is 185 Å². The average molecular weight is 434 g/mol. The smallest absolute Gasteiger partial charge is 0.278 e. The van der Waals surface area contributed by atoms with Gasteiger partial charge in [0, 0.05) is 37.6 Å². The lowest BCUT2D eigenvalue weighted by atomic mass is 9.99. The van der Waals surface area contributed by atoms with Crippen LogP contribution in [0.1, 0.15) is 16.7 Å². The zero-order chi connectivity index (χ0) is 21.6. The van der Waals surface area contributed by atoms with E-state index >= 15 is 0 Å². The summed E-state index contributed by atoms with van der Waals surface area (Å²) in [7, 11) is 0. The highest BCUT2D eigenvalue weighted by Gasteiger charge is 2.29. The lowest BCUT2D eigenvalue weighted by molar-refractivity contribution is -0.486. The van der Waals surface area contributed by atoms with Gasteiger partial charge in [-0.1, -0.05) is 78.3 Å². The van der Waals surface area contributed by atoms with Gasteiger partial charge in [-0.05, 0) is 22.8 Å². The Morgan fingerprint density at radius 2 is 1.68 bits per heavy atom. The summed E-state index contributed by atoms with van der Waals surface area (Å²) in [6, 6.07) is 23.5. The van der Waals surface area contributed by atoms with Crippen molar-refractivity contribution in [2.45, 2.75) is 6.54 Å². The highest BCUT2D eigenvalue weighted by Crippen LogP contribution is 2.26. The molecule has 0 bridgehead atoms. The number of halogens is 1. The Morgan fingerprint density at radius 1 is 1.03 bits per heavy atom. The van der Waals surface area contributed by atoms with Crippen molar-refractivity contribution in [1.29, 1.82) is 0 Å². The summed E-state index contributed by atoms with van der Waals surface area (Å²) in [5, 5.41) is 14.7. The van der Waals surface area contributed by atoms with Crippen LogP contribution >= 0.6 is 11.6 Å². The van der Waals surface area contributed by atoms with Crippen molar-refractivity contribution in [2.75, 3.05) is 13.1 Å². The Balaban J connectivity index is 1.69. The quantitative estimate of drug-likeness (QED) is 0.325. The summed E-state index contributed by atoms with van der Waals surface area (Å²) in [4.78, 5) is 19.1. The van der Waals surface area contributed by atoms with E-state index in [1.165, 1.54) is 0 Å². The first-order valence-corrected chi connectivity index (χ1v) is 10.2. The first-order chi connectivity index (χ1) is 15.1. The molecule has 1 saturated heterocycles. The van der Waals surface area contributed by atoms with E-state index in [4.69, 9.17) is 11.6 Å². The van der Waals surface area contributed by atoms with Gasteiger partial charge in [-0.2, -0.15) is 0 Å². The molecule has 4 rings (SSSR count). The fraction of sp³-hybridized carbons (Fsp3) is 0.130. The first-order valence-electron chi connectivity index (χ1n) is 9.78. The van der Waals surface area contributed by atoms with E-state index in [2.05, 4.69) is 10.1 Å². The predicted molar refractivity (Wildman–Crippen MR) is 121 cm³/mol. The van der Waals surface area contributed by atoms with Gasteiger partial charge in [0.1, 0.15) is 10.3 Å². The van der Waals surface area contributed by atoms with E-state index in [-0.39, 0.29) is 0 Å². The van der Waals surface area contributed by atoms with Crippen LogP contribution in [-0.2, 0) is 6.54 Å². The number of nitro groups is 1. The van der Waals surface area contributed by atoms with Crippen molar-refractivity contribution >= 4 is 23.1 Å². The van der Waals surface area contributed by atoms with Crippen LogP contribution in [0.3, 0.4) is 0 Å². The van der Waals surface area contributed by atoms with E-state index < -0.39 is 5.03 Å². The van der Waals surface area contributed by atoms with Crippen molar-refractivity contribution in [3.63, 3.8) is 0 Å². The third-order valence-electron chi connectivity index (χ3n) is 4.94. The van der Waals surface area contributed by atoms with Gasteiger partial charge in [0.2, 0.25) is 0 Å². The Hall–Kier alpha value is -3.71. The average Bonchev–Trinajstić information content (AvgIpc) is 3.15. The van der Waals surface area contributed by atoms with Crippen LogP contribution in [0, 0.1) is 10.1 Å². The van der Waals surface area contributed by atoms with E-state index in [1.54, 1.807) is 12.3 Å². The van der Waals surface area contributed by atoms with Crippen molar-refractivity contribution in [2.24, 2.45) is 5.10 Å². The minimum atomic E-state index is -0.653. The second-order valence-corrected chi connectivity index (χ2v) is 7.40. The number of nitrogens with zero attached hydrogens (tertiary/aromatic N) is 5.